The topological polar surface area (TPSA) is 75.2 Å². The molecule has 0 spiro atoms. The molecule has 0 amide bonds. The highest BCUT2D eigenvalue weighted by Gasteiger charge is 2.15. The number of aromatic nitrogens is 3. The fourth-order valence-electron chi connectivity index (χ4n) is 3.07. The van der Waals surface area contributed by atoms with Gasteiger partial charge in [-0.05, 0) is 24.4 Å². The van der Waals surface area contributed by atoms with Gasteiger partial charge in [-0.15, -0.1) is 0 Å². The SMILES string of the molecule is Clc1nc(NCCN2CCOCC2)nc(NC2CCCCC2)n1. The first-order chi connectivity index (χ1) is 11.3. The highest BCUT2D eigenvalue weighted by Crippen LogP contribution is 2.21. The molecule has 1 saturated carbocycles. The van der Waals surface area contributed by atoms with Crippen LogP contribution in [0.25, 0.3) is 0 Å². The smallest absolute Gasteiger partial charge is 0.229 e. The van der Waals surface area contributed by atoms with Gasteiger partial charge in [0.15, 0.2) is 0 Å². The second kappa shape index (κ2) is 8.61. The highest BCUT2D eigenvalue weighted by molar-refractivity contribution is 6.28. The summed E-state index contributed by atoms with van der Waals surface area (Å²) in [4.78, 5) is 15.1. The van der Waals surface area contributed by atoms with Crippen molar-refractivity contribution >= 4 is 23.5 Å². The molecule has 128 valence electrons. The van der Waals surface area contributed by atoms with E-state index in [4.69, 9.17) is 16.3 Å². The van der Waals surface area contributed by atoms with E-state index in [0.717, 1.165) is 39.4 Å². The van der Waals surface area contributed by atoms with Crippen LogP contribution >= 0.6 is 11.6 Å². The first kappa shape index (κ1) is 16.7. The summed E-state index contributed by atoms with van der Waals surface area (Å²) in [5, 5.41) is 6.86. The van der Waals surface area contributed by atoms with Crippen LogP contribution in [-0.2, 0) is 4.74 Å². The van der Waals surface area contributed by atoms with Crippen LogP contribution in [0.15, 0.2) is 0 Å². The minimum Gasteiger partial charge on any atom is -0.379 e. The molecule has 2 fully saturated rings. The average molecular weight is 341 g/mol. The van der Waals surface area contributed by atoms with E-state index in [2.05, 4.69) is 30.5 Å². The summed E-state index contributed by atoms with van der Waals surface area (Å²) < 4.78 is 5.35. The van der Waals surface area contributed by atoms with Gasteiger partial charge in [-0.2, -0.15) is 15.0 Å². The Labute approximate surface area is 142 Å². The van der Waals surface area contributed by atoms with Gasteiger partial charge >= 0.3 is 0 Å². The van der Waals surface area contributed by atoms with Crippen molar-refractivity contribution in [2.75, 3.05) is 50.0 Å². The predicted octanol–water partition coefficient (Wildman–Crippen LogP) is 2.01. The molecule has 2 heterocycles. The minimum absolute atomic E-state index is 0.229. The van der Waals surface area contributed by atoms with Crippen LogP contribution in [0.1, 0.15) is 32.1 Å². The fourth-order valence-corrected chi connectivity index (χ4v) is 3.23. The van der Waals surface area contributed by atoms with Gasteiger partial charge < -0.3 is 15.4 Å². The molecular weight excluding hydrogens is 316 g/mol. The second-order valence-corrected chi connectivity index (χ2v) is 6.45. The molecule has 1 aromatic rings. The molecular formula is C15H25ClN6O. The Morgan fingerprint density at radius 3 is 2.57 bits per heavy atom. The summed E-state index contributed by atoms with van der Waals surface area (Å²) >= 11 is 6.03. The molecule has 1 saturated heterocycles. The summed E-state index contributed by atoms with van der Waals surface area (Å²) in [6.45, 7) is 5.31. The summed E-state index contributed by atoms with van der Waals surface area (Å²) in [7, 11) is 0. The van der Waals surface area contributed by atoms with E-state index < -0.39 is 0 Å². The molecule has 0 unspecified atom stereocenters. The van der Waals surface area contributed by atoms with E-state index in [1.54, 1.807) is 0 Å². The zero-order chi connectivity index (χ0) is 15.9. The van der Waals surface area contributed by atoms with Gasteiger partial charge in [0.05, 0.1) is 13.2 Å². The van der Waals surface area contributed by atoms with Crippen molar-refractivity contribution in [2.24, 2.45) is 0 Å². The zero-order valence-corrected chi connectivity index (χ0v) is 14.2. The van der Waals surface area contributed by atoms with Crippen LogP contribution in [-0.4, -0.2) is 65.3 Å². The molecule has 23 heavy (non-hydrogen) atoms. The molecule has 0 atom stereocenters. The van der Waals surface area contributed by atoms with Crippen molar-refractivity contribution in [2.45, 2.75) is 38.1 Å². The number of nitrogens with one attached hydrogen (secondary N) is 2. The predicted molar refractivity (Wildman–Crippen MR) is 91.1 cm³/mol. The number of nitrogens with zero attached hydrogens (tertiary/aromatic N) is 4. The number of morpholine rings is 1. The van der Waals surface area contributed by atoms with Crippen LogP contribution in [0.4, 0.5) is 11.9 Å². The lowest BCUT2D eigenvalue weighted by atomic mass is 9.96. The van der Waals surface area contributed by atoms with Crippen LogP contribution in [0.2, 0.25) is 5.28 Å². The maximum atomic E-state index is 6.03. The van der Waals surface area contributed by atoms with Gasteiger partial charge in [-0.25, -0.2) is 0 Å². The van der Waals surface area contributed by atoms with Crippen molar-refractivity contribution < 1.29 is 4.74 Å². The molecule has 7 nitrogen and oxygen atoms in total. The monoisotopic (exact) mass is 340 g/mol. The van der Waals surface area contributed by atoms with Gasteiger partial charge in [0, 0.05) is 32.2 Å². The summed E-state index contributed by atoms with van der Waals surface area (Å²) in [5.74, 6) is 1.11. The Hall–Kier alpha value is -1.18. The molecule has 8 heteroatoms. The van der Waals surface area contributed by atoms with E-state index in [0.29, 0.717) is 17.9 Å². The summed E-state index contributed by atoms with van der Waals surface area (Å²) in [6, 6.07) is 0.448. The van der Waals surface area contributed by atoms with Gasteiger partial charge in [0.25, 0.3) is 0 Å². The van der Waals surface area contributed by atoms with E-state index in [9.17, 15) is 0 Å². The van der Waals surface area contributed by atoms with Crippen molar-refractivity contribution in [1.29, 1.82) is 0 Å². The van der Waals surface area contributed by atoms with Gasteiger partial charge in [-0.1, -0.05) is 19.3 Å². The van der Waals surface area contributed by atoms with Gasteiger partial charge in [0.1, 0.15) is 0 Å². The molecule has 3 rings (SSSR count). The number of hydrogen-bond acceptors (Lipinski definition) is 7. The fraction of sp³-hybridized carbons (Fsp3) is 0.800. The molecule has 2 aliphatic rings. The summed E-state index contributed by atoms with van der Waals surface area (Å²) in [5.41, 5.74) is 0. The quantitative estimate of drug-likeness (QED) is 0.820. The standard InChI is InChI=1S/C15H25ClN6O/c16-13-19-14(17-6-7-22-8-10-23-11-9-22)21-15(20-13)18-12-4-2-1-3-5-12/h12H,1-11H2,(H2,17,18,19,20,21). The second-order valence-electron chi connectivity index (χ2n) is 6.11. The van der Waals surface area contributed by atoms with E-state index in [1.165, 1.54) is 32.1 Å². The minimum atomic E-state index is 0.229. The highest BCUT2D eigenvalue weighted by atomic mass is 35.5. The largest absolute Gasteiger partial charge is 0.379 e. The third kappa shape index (κ3) is 5.44. The van der Waals surface area contributed by atoms with Crippen LogP contribution < -0.4 is 10.6 Å². The molecule has 1 aliphatic carbocycles. The van der Waals surface area contributed by atoms with E-state index >= 15 is 0 Å². The van der Waals surface area contributed by atoms with Gasteiger partial charge in [0.2, 0.25) is 17.2 Å². The van der Waals surface area contributed by atoms with Crippen LogP contribution in [0, 0.1) is 0 Å². The van der Waals surface area contributed by atoms with Crippen LogP contribution in [0.3, 0.4) is 0 Å². The Balaban J connectivity index is 1.50. The molecule has 1 aromatic heterocycles. The normalized spacial score (nSPS) is 20.4. The van der Waals surface area contributed by atoms with Gasteiger partial charge in [-0.3, -0.25) is 4.90 Å². The Morgan fingerprint density at radius 1 is 1.04 bits per heavy atom. The lowest BCUT2D eigenvalue weighted by Gasteiger charge is -2.26. The first-order valence-corrected chi connectivity index (χ1v) is 8.89. The molecule has 0 radical (unpaired) electrons. The Kier molecular flexibility index (Phi) is 6.24. The number of anilines is 2. The van der Waals surface area contributed by atoms with Crippen molar-refractivity contribution in [1.82, 2.24) is 19.9 Å². The lowest BCUT2D eigenvalue weighted by molar-refractivity contribution is 0.0398. The van der Waals surface area contributed by atoms with Crippen molar-refractivity contribution in [3.8, 4) is 0 Å². The molecule has 2 N–H and O–H groups in total. The third-order valence-corrected chi connectivity index (χ3v) is 4.53. The first-order valence-electron chi connectivity index (χ1n) is 8.52. The number of rotatable bonds is 6. The van der Waals surface area contributed by atoms with Crippen LogP contribution in [0.5, 0.6) is 0 Å². The van der Waals surface area contributed by atoms with E-state index in [1.807, 2.05) is 0 Å². The molecule has 0 aromatic carbocycles. The van der Waals surface area contributed by atoms with Crippen molar-refractivity contribution in [3.63, 3.8) is 0 Å². The average Bonchev–Trinajstić information content (AvgIpc) is 2.56. The zero-order valence-electron chi connectivity index (χ0n) is 13.4. The maximum absolute atomic E-state index is 6.03. The number of hydrogen-bond donors (Lipinski definition) is 2. The number of halogens is 1. The Bertz CT molecular complexity index is 491. The summed E-state index contributed by atoms with van der Waals surface area (Å²) in [6.07, 6.45) is 6.19. The van der Waals surface area contributed by atoms with E-state index in [-0.39, 0.29) is 5.28 Å². The molecule has 1 aliphatic heterocycles. The Morgan fingerprint density at radius 2 is 1.78 bits per heavy atom. The third-order valence-electron chi connectivity index (χ3n) is 4.36. The maximum Gasteiger partial charge on any atom is 0.229 e. The number of ether oxygens (including phenoxy) is 1. The lowest BCUT2D eigenvalue weighted by Crippen LogP contribution is -2.39. The van der Waals surface area contributed by atoms with Crippen molar-refractivity contribution in [3.05, 3.63) is 5.28 Å². The molecule has 0 bridgehead atoms.